The van der Waals surface area contributed by atoms with E-state index < -0.39 is 31.9 Å². The minimum Gasteiger partial charge on any atom is -0.445 e. The van der Waals surface area contributed by atoms with E-state index >= 15 is 0 Å². The number of carbonyl (C=O) groups is 3. The Bertz CT molecular complexity index is 1420. The maximum absolute atomic E-state index is 13.0. The van der Waals surface area contributed by atoms with E-state index in [0.29, 0.717) is 0 Å². The molecule has 0 spiro atoms. The van der Waals surface area contributed by atoms with Crippen LogP contribution in [0, 0.1) is 11.8 Å². The van der Waals surface area contributed by atoms with Crippen molar-refractivity contribution in [3.05, 3.63) is 96.6 Å². The number of ketones is 1. The zero-order valence-electron chi connectivity index (χ0n) is 27.1. The van der Waals surface area contributed by atoms with Crippen LogP contribution in [0.3, 0.4) is 0 Å². The van der Waals surface area contributed by atoms with E-state index in [2.05, 4.69) is 62.2 Å². The summed E-state index contributed by atoms with van der Waals surface area (Å²) in [5.41, 5.74) is 0.143. The first kappa shape index (κ1) is 35.1. The second-order valence-corrected chi connectivity index (χ2v) is 16.9. The van der Waals surface area contributed by atoms with Crippen LogP contribution in [0.15, 0.2) is 91.0 Å². The molecule has 3 aromatic rings. The molecule has 0 aliphatic heterocycles. The van der Waals surface area contributed by atoms with Gasteiger partial charge in [0.25, 0.3) is 8.32 Å². The van der Waals surface area contributed by atoms with Gasteiger partial charge in [-0.2, -0.15) is 0 Å². The number of nitrogens with one attached hydrogen (secondary N) is 1. The van der Waals surface area contributed by atoms with Gasteiger partial charge in [0, 0.05) is 13.1 Å². The number of hydrogen-bond donors (Lipinski definition) is 1. The van der Waals surface area contributed by atoms with Gasteiger partial charge < -0.3 is 19.2 Å². The highest BCUT2D eigenvalue weighted by molar-refractivity contribution is 6.99. The smallest absolute Gasteiger partial charge is 0.410 e. The lowest BCUT2D eigenvalue weighted by Gasteiger charge is -2.42. The lowest BCUT2D eigenvalue weighted by Crippen LogP contribution is -2.66. The Labute approximate surface area is 268 Å². The van der Waals surface area contributed by atoms with Crippen LogP contribution in [-0.2, 0) is 25.3 Å². The lowest BCUT2D eigenvalue weighted by molar-refractivity contribution is -0.114. The number of Topliss-reactive ketones (excluding diaryl/α,β-unsaturated/α-hetero) is 1. The third-order valence-corrected chi connectivity index (χ3v) is 11.8. The van der Waals surface area contributed by atoms with Crippen molar-refractivity contribution in [3.63, 3.8) is 0 Å². The topological polar surface area (TPSA) is 94.2 Å². The van der Waals surface area contributed by atoms with Gasteiger partial charge in [0.2, 0.25) is 5.78 Å². The predicted molar refractivity (Wildman–Crippen MR) is 179 cm³/mol. The Morgan fingerprint density at radius 2 is 1.33 bits per heavy atom. The second kappa shape index (κ2) is 16.1. The van der Waals surface area contributed by atoms with Crippen molar-refractivity contribution in [2.24, 2.45) is 0 Å². The number of nitrogens with zero attached hydrogens (tertiary/aromatic N) is 1. The highest BCUT2D eigenvalue weighted by atomic mass is 28.4. The maximum atomic E-state index is 13.0. The highest BCUT2D eigenvalue weighted by Crippen LogP contribution is 2.36. The Hall–Kier alpha value is -4.39. The summed E-state index contributed by atoms with van der Waals surface area (Å²) in [6.07, 6.45) is -1.31. The summed E-state index contributed by atoms with van der Waals surface area (Å²) in [5.74, 6) is 5.07. The van der Waals surface area contributed by atoms with Gasteiger partial charge in [0.1, 0.15) is 12.2 Å². The van der Waals surface area contributed by atoms with Gasteiger partial charge in [0.05, 0.1) is 13.2 Å². The number of hydrogen-bond acceptors (Lipinski definition) is 6. The maximum Gasteiger partial charge on any atom is 0.410 e. The average Bonchev–Trinajstić information content (AvgIpc) is 2.99. The number of benzene rings is 3. The molecule has 0 unspecified atom stereocenters. The Kier molecular flexibility index (Phi) is 12.5. The van der Waals surface area contributed by atoms with E-state index in [1.54, 1.807) is 20.8 Å². The third-order valence-electron chi connectivity index (χ3n) is 6.85. The van der Waals surface area contributed by atoms with E-state index in [0.717, 1.165) is 15.9 Å². The molecule has 9 heteroatoms. The fraction of sp³-hybridized carbons (Fsp3) is 0.361. The van der Waals surface area contributed by atoms with Crippen LogP contribution < -0.4 is 15.7 Å². The van der Waals surface area contributed by atoms with Crippen LogP contribution in [0.1, 0.15) is 47.1 Å². The van der Waals surface area contributed by atoms with Gasteiger partial charge >= 0.3 is 12.2 Å². The second-order valence-electron chi connectivity index (χ2n) is 12.6. The van der Waals surface area contributed by atoms with Crippen molar-refractivity contribution < 1.29 is 28.3 Å². The van der Waals surface area contributed by atoms with Crippen LogP contribution >= 0.6 is 0 Å². The van der Waals surface area contributed by atoms with Crippen LogP contribution in [0.2, 0.25) is 5.04 Å². The molecule has 0 aliphatic carbocycles. The van der Waals surface area contributed by atoms with E-state index in [1.807, 2.05) is 66.7 Å². The first-order chi connectivity index (χ1) is 21.3. The molecule has 3 aromatic carbocycles. The molecular formula is C36H44N2O6Si. The molecule has 2 amide bonds. The average molecular weight is 629 g/mol. The number of amides is 2. The Balaban J connectivity index is 1.73. The number of alkyl carbamates (subject to hydrolysis) is 1. The van der Waals surface area contributed by atoms with Crippen molar-refractivity contribution in [2.75, 3.05) is 26.2 Å². The number of ether oxygens (including phenoxy) is 2. The summed E-state index contributed by atoms with van der Waals surface area (Å²) >= 11 is 0. The molecule has 0 aliphatic rings. The summed E-state index contributed by atoms with van der Waals surface area (Å²) in [6.45, 7) is 11.6. The van der Waals surface area contributed by atoms with Gasteiger partial charge in [-0.3, -0.25) is 9.69 Å². The summed E-state index contributed by atoms with van der Waals surface area (Å²) < 4.78 is 17.5. The fourth-order valence-electron chi connectivity index (χ4n) is 4.91. The highest BCUT2D eigenvalue weighted by Gasteiger charge is 2.50. The van der Waals surface area contributed by atoms with E-state index in [-0.39, 0.29) is 37.9 Å². The Morgan fingerprint density at radius 3 is 1.84 bits per heavy atom. The molecule has 0 bridgehead atoms. The van der Waals surface area contributed by atoms with E-state index in [1.165, 1.54) is 4.90 Å². The summed E-state index contributed by atoms with van der Waals surface area (Å²) in [4.78, 5) is 39.3. The summed E-state index contributed by atoms with van der Waals surface area (Å²) in [5, 5.41) is 4.60. The number of carbonyl (C=O) groups excluding carboxylic acids is 3. The molecule has 8 nitrogen and oxygen atoms in total. The minimum atomic E-state index is -2.81. The molecule has 0 saturated carbocycles. The number of rotatable bonds is 11. The van der Waals surface area contributed by atoms with Crippen LogP contribution in [0.25, 0.3) is 0 Å². The van der Waals surface area contributed by atoms with Gasteiger partial charge in [-0.25, -0.2) is 9.59 Å². The van der Waals surface area contributed by atoms with Gasteiger partial charge in [-0.05, 0) is 47.7 Å². The van der Waals surface area contributed by atoms with Crippen molar-refractivity contribution in [1.82, 2.24) is 10.2 Å². The van der Waals surface area contributed by atoms with Crippen molar-refractivity contribution in [2.45, 2.75) is 58.8 Å². The van der Waals surface area contributed by atoms with E-state index in [4.69, 9.17) is 13.9 Å². The van der Waals surface area contributed by atoms with E-state index in [9.17, 15) is 14.4 Å². The zero-order chi connectivity index (χ0) is 32.9. The predicted octanol–water partition coefficient (Wildman–Crippen LogP) is 5.30. The summed E-state index contributed by atoms with van der Waals surface area (Å²) in [7, 11) is -2.81. The third kappa shape index (κ3) is 10.6. The molecule has 0 aromatic heterocycles. The first-order valence-corrected chi connectivity index (χ1v) is 16.9. The molecule has 0 saturated heterocycles. The van der Waals surface area contributed by atoms with Crippen LogP contribution in [0.5, 0.6) is 0 Å². The zero-order valence-corrected chi connectivity index (χ0v) is 28.1. The fourth-order valence-corrected chi connectivity index (χ4v) is 9.35. The molecule has 0 radical (unpaired) electrons. The summed E-state index contributed by atoms with van der Waals surface area (Å²) in [6, 6.07) is 29.6. The molecule has 0 fully saturated rings. The van der Waals surface area contributed by atoms with Crippen molar-refractivity contribution >= 4 is 36.7 Å². The molecule has 1 N–H and O–H groups in total. The van der Waals surface area contributed by atoms with Crippen LogP contribution in [0.4, 0.5) is 9.59 Å². The molecule has 0 atom stereocenters. The molecule has 45 heavy (non-hydrogen) atoms. The Morgan fingerprint density at radius 1 is 0.800 bits per heavy atom. The minimum absolute atomic E-state index is 0.0266. The lowest BCUT2D eigenvalue weighted by atomic mass is 10.2. The van der Waals surface area contributed by atoms with Gasteiger partial charge in [-0.15, -0.1) is 0 Å². The largest absolute Gasteiger partial charge is 0.445 e. The molecular weight excluding hydrogens is 584 g/mol. The monoisotopic (exact) mass is 628 g/mol. The van der Waals surface area contributed by atoms with Crippen molar-refractivity contribution in [3.8, 4) is 11.8 Å². The normalized spacial score (nSPS) is 11.5. The SMILES string of the molecule is CC(C)(C)OC(=O)NCCN(CC(=O)C#CCO[Si](c1ccccc1)(c1ccccc1)C(C)(C)C)C(=O)OCc1ccccc1. The quantitative estimate of drug-likeness (QED) is 0.176. The van der Waals surface area contributed by atoms with Gasteiger partial charge in [-0.1, -0.05) is 118 Å². The van der Waals surface area contributed by atoms with Gasteiger partial charge in [0.15, 0.2) is 0 Å². The molecule has 3 rings (SSSR count). The molecule has 0 heterocycles. The van der Waals surface area contributed by atoms with Crippen molar-refractivity contribution in [1.29, 1.82) is 0 Å². The molecule has 238 valence electrons. The van der Waals surface area contributed by atoms with Crippen LogP contribution in [-0.4, -0.2) is 63.0 Å². The standard InChI is InChI=1S/C36H44N2O6Si/c1-35(2,3)44-33(40)37-24-25-38(34(41)42-28-29-17-10-7-11-18-29)27-30(39)19-16-26-43-45(36(4,5)6,31-20-12-8-13-21-31)32-22-14-9-15-23-32/h7-15,17-18,20-23H,24-28H2,1-6H3,(H,37,40). The first-order valence-electron chi connectivity index (χ1n) is 15.0.